The van der Waals surface area contributed by atoms with Gasteiger partial charge >= 0.3 is 0 Å². The van der Waals surface area contributed by atoms with Crippen LogP contribution in [-0.4, -0.2) is 39.9 Å². The molecular weight excluding hydrogens is 838 g/mol. The van der Waals surface area contributed by atoms with E-state index in [1.54, 1.807) is 61.7 Å². The van der Waals surface area contributed by atoms with Crippen molar-refractivity contribution in [2.24, 2.45) is 0 Å². The second kappa shape index (κ2) is 23.6. The second-order valence-electron chi connectivity index (χ2n) is 12.2. The molecule has 0 aliphatic carbocycles. The van der Waals surface area contributed by atoms with Crippen molar-refractivity contribution in [3.8, 4) is 0 Å². The quantitative estimate of drug-likeness (QED) is 0.0601. The summed E-state index contributed by atoms with van der Waals surface area (Å²) in [4.78, 5) is 28.1. The number of benzene rings is 4. The third-order valence-corrected chi connectivity index (χ3v) is 9.64. The molecule has 0 aliphatic rings. The Balaban J connectivity index is 0.000000147. The first-order valence-electron chi connectivity index (χ1n) is 17.8. The summed E-state index contributed by atoms with van der Waals surface area (Å²) in [5.41, 5.74) is 5.68. The third kappa shape index (κ3) is 15.4. The molecule has 12 nitrogen and oxygen atoms in total. The average molecular weight is 879 g/mol. The monoisotopic (exact) mass is 876 g/mol. The minimum absolute atomic E-state index is 0.565. The maximum atomic E-state index is 6.03. The fourth-order valence-electron chi connectivity index (χ4n) is 4.99. The van der Waals surface area contributed by atoms with Crippen LogP contribution in [0.5, 0.6) is 0 Å². The maximum Gasteiger partial charge on any atom is 0.200 e. The summed E-state index contributed by atoms with van der Waals surface area (Å²) < 4.78 is 0. The summed E-state index contributed by atoms with van der Waals surface area (Å²) in [5, 5.41) is 15.6. The van der Waals surface area contributed by atoms with Crippen molar-refractivity contribution in [2.75, 3.05) is 21.3 Å². The Morgan fingerprint density at radius 1 is 0.448 bits per heavy atom. The molecule has 17 heteroatoms. The van der Waals surface area contributed by atoms with Crippen LogP contribution in [0.3, 0.4) is 0 Å². The SMILES string of the molecule is Cc1cccc(CNc2ncc[nH]2)c1.Clc1ccc(CNc2ncc[nH]2)cc1Cl.Clc1cccc(CNc2ncc[nH]2)c1.Clc1cccc(CNc2ncc[nH]2)c1Cl. The van der Waals surface area contributed by atoms with Gasteiger partial charge in [-0.15, -0.1) is 0 Å². The van der Waals surface area contributed by atoms with Gasteiger partial charge in [-0.3, -0.25) is 0 Å². The van der Waals surface area contributed by atoms with Crippen molar-refractivity contribution in [3.05, 3.63) is 187 Å². The number of imidazole rings is 4. The van der Waals surface area contributed by atoms with Gasteiger partial charge in [-0.05, 0) is 59.5 Å². The molecule has 8 rings (SSSR count). The van der Waals surface area contributed by atoms with E-state index in [1.807, 2.05) is 48.5 Å². The molecule has 300 valence electrons. The fraction of sp³-hybridized carbons (Fsp3) is 0.122. The van der Waals surface area contributed by atoms with Gasteiger partial charge in [-0.2, -0.15) is 0 Å². The van der Waals surface area contributed by atoms with Crippen LogP contribution in [0.1, 0.15) is 27.8 Å². The predicted octanol–water partition coefficient (Wildman–Crippen LogP) is 11.7. The van der Waals surface area contributed by atoms with Crippen LogP contribution in [-0.2, 0) is 26.2 Å². The van der Waals surface area contributed by atoms with E-state index in [0.29, 0.717) is 45.7 Å². The lowest BCUT2D eigenvalue weighted by atomic mass is 10.1. The van der Waals surface area contributed by atoms with E-state index in [1.165, 1.54) is 11.1 Å². The van der Waals surface area contributed by atoms with Gasteiger partial charge in [-0.25, -0.2) is 19.9 Å². The molecule has 0 atom stereocenters. The standard InChI is InChI=1S/C11H13N3.2C10H9Cl2N3.C10H10ClN3/c1-9-3-2-4-10(7-9)8-14-11-12-5-6-13-11;11-8-2-1-7(5-9(8)12)6-15-10-13-3-4-14-10;11-8-3-1-2-7(9(8)12)6-15-10-13-4-5-14-10;11-9-3-1-2-8(6-9)7-14-10-12-4-5-13-10/h2-7H,8H2,1H3,(H2,12,13,14);2*1-5H,6H2,(H2,13,14,15);1-6H,7H2,(H2,12,13,14). The van der Waals surface area contributed by atoms with Gasteiger partial charge in [0.15, 0.2) is 23.8 Å². The normalized spacial score (nSPS) is 10.2. The van der Waals surface area contributed by atoms with Gasteiger partial charge in [0.2, 0.25) is 0 Å². The van der Waals surface area contributed by atoms with Crippen molar-refractivity contribution < 1.29 is 0 Å². The lowest BCUT2D eigenvalue weighted by Gasteiger charge is -2.06. The molecule has 4 aromatic carbocycles. The average Bonchev–Trinajstić information content (AvgIpc) is 4.08. The van der Waals surface area contributed by atoms with Crippen LogP contribution < -0.4 is 21.3 Å². The highest BCUT2D eigenvalue weighted by atomic mass is 35.5. The molecular formula is C41H41Cl5N12. The summed E-state index contributed by atoms with van der Waals surface area (Å²) in [7, 11) is 0. The van der Waals surface area contributed by atoms with Crippen molar-refractivity contribution in [3.63, 3.8) is 0 Å². The molecule has 4 heterocycles. The number of nitrogens with one attached hydrogen (secondary N) is 8. The zero-order valence-corrected chi connectivity index (χ0v) is 35.0. The van der Waals surface area contributed by atoms with Gasteiger partial charge in [0.25, 0.3) is 0 Å². The molecule has 0 spiro atoms. The van der Waals surface area contributed by atoms with E-state index in [-0.39, 0.29) is 0 Å². The highest BCUT2D eigenvalue weighted by Gasteiger charge is 2.04. The molecule has 4 aromatic heterocycles. The number of hydrogen-bond donors (Lipinski definition) is 8. The highest BCUT2D eigenvalue weighted by molar-refractivity contribution is 6.42. The summed E-state index contributed by atoms with van der Waals surface area (Å²) >= 11 is 29.5. The Morgan fingerprint density at radius 2 is 0.914 bits per heavy atom. The second-order valence-corrected chi connectivity index (χ2v) is 14.3. The summed E-state index contributed by atoms with van der Waals surface area (Å²) in [6.07, 6.45) is 13.9. The van der Waals surface area contributed by atoms with E-state index in [4.69, 9.17) is 58.0 Å². The highest BCUT2D eigenvalue weighted by Crippen LogP contribution is 2.26. The van der Waals surface area contributed by atoms with Crippen LogP contribution >= 0.6 is 58.0 Å². The largest absolute Gasteiger partial charge is 0.352 e. The van der Waals surface area contributed by atoms with E-state index >= 15 is 0 Å². The zero-order valence-electron chi connectivity index (χ0n) is 31.2. The smallest absolute Gasteiger partial charge is 0.200 e. The molecule has 0 fully saturated rings. The summed E-state index contributed by atoms with van der Waals surface area (Å²) in [6.45, 7) is 4.86. The van der Waals surface area contributed by atoms with E-state index in [2.05, 4.69) is 92.3 Å². The van der Waals surface area contributed by atoms with Gasteiger partial charge in [0.1, 0.15) is 0 Å². The van der Waals surface area contributed by atoms with Crippen LogP contribution in [0, 0.1) is 6.92 Å². The first kappa shape index (κ1) is 43.5. The molecule has 0 aliphatic heterocycles. The number of hydrogen-bond acceptors (Lipinski definition) is 8. The maximum absolute atomic E-state index is 6.03. The van der Waals surface area contributed by atoms with Crippen LogP contribution in [0.15, 0.2) is 135 Å². The molecule has 0 saturated carbocycles. The molecule has 58 heavy (non-hydrogen) atoms. The van der Waals surface area contributed by atoms with Gasteiger partial charge in [-0.1, -0.05) is 118 Å². The first-order chi connectivity index (χ1) is 28.2. The van der Waals surface area contributed by atoms with E-state index in [0.717, 1.165) is 46.1 Å². The number of rotatable bonds is 12. The molecule has 8 aromatic rings. The Hall–Kier alpha value is -5.63. The van der Waals surface area contributed by atoms with Crippen molar-refractivity contribution in [1.29, 1.82) is 0 Å². The number of anilines is 4. The van der Waals surface area contributed by atoms with Crippen molar-refractivity contribution >= 4 is 81.8 Å². The molecule has 0 radical (unpaired) electrons. The van der Waals surface area contributed by atoms with Gasteiger partial charge in [0, 0.05) is 80.8 Å². The van der Waals surface area contributed by atoms with Crippen molar-refractivity contribution in [1.82, 2.24) is 39.9 Å². The minimum Gasteiger partial charge on any atom is -0.352 e. The van der Waals surface area contributed by atoms with Crippen LogP contribution in [0.2, 0.25) is 25.1 Å². The predicted molar refractivity (Wildman–Crippen MR) is 239 cm³/mol. The van der Waals surface area contributed by atoms with Gasteiger partial charge in [0.05, 0.1) is 20.1 Å². The van der Waals surface area contributed by atoms with E-state index < -0.39 is 0 Å². The van der Waals surface area contributed by atoms with Crippen LogP contribution in [0.25, 0.3) is 0 Å². The number of H-pyrrole nitrogens is 4. The van der Waals surface area contributed by atoms with Gasteiger partial charge < -0.3 is 41.2 Å². The Labute approximate surface area is 361 Å². The molecule has 8 N–H and O–H groups in total. The molecule has 0 amide bonds. The van der Waals surface area contributed by atoms with Crippen LogP contribution in [0.4, 0.5) is 23.8 Å². The summed E-state index contributed by atoms with van der Waals surface area (Å²) in [6, 6.07) is 27.2. The molecule has 0 unspecified atom stereocenters. The van der Waals surface area contributed by atoms with Crippen molar-refractivity contribution in [2.45, 2.75) is 33.1 Å². The Morgan fingerprint density at radius 3 is 1.38 bits per heavy atom. The number of aryl methyl sites for hydroxylation is 1. The third-order valence-electron chi connectivity index (χ3n) is 7.81. The number of nitrogens with zero attached hydrogens (tertiary/aromatic N) is 4. The Kier molecular flexibility index (Phi) is 17.7. The zero-order chi connectivity index (χ0) is 41.0. The first-order valence-corrected chi connectivity index (χ1v) is 19.7. The Bertz CT molecular complexity index is 2250. The fourth-order valence-corrected chi connectivity index (χ4v) is 5.91. The summed E-state index contributed by atoms with van der Waals surface area (Å²) in [5.74, 6) is 3.03. The number of aromatic amines is 4. The molecule has 0 bridgehead atoms. The lowest BCUT2D eigenvalue weighted by molar-refractivity contribution is 1.09. The van der Waals surface area contributed by atoms with E-state index in [9.17, 15) is 0 Å². The number of aromatic nitrogens is 8. The minimum atomic E-state index is 0.565. The lowest BCUT2D eigenvalue weighted by Crippen LogP contribution is -2.01. The number of halogens is 5. The topological polar surface area (TPSA) is 163 Å². The molecule has 0 saturated heterocycles.